The number of benzene rings is 1. The van der Waals surface area contributed by atoms with Gasteiger partial charge in [0.2, 0.25) is 0 Å². The number of H-pyrrole nitrogens is 1. The Balaban J connectivity index is 1.94. The Morgan fingerprint density at radius 2 is 2.08 bits per heavy atom. The monoisotopic (exact) mass is 188 g/mol. The molecule has 2 aromatic rings. The first kappa shape index (κ1) is 8.25. The Hall–Kier alpha value is -1.35. The molecule has 0 bridgehead atoms. The van der Waals surface area contributed by atoms with Gasteiger partial charge >= 0.3 is 0 Å². The molecule has 1 aromatic carbocycles. The molecule has 0 radical (unpaired) electrons. The second-order valence-electron chi connectivity index (χ2n) is 3.02. The van der Waals surface area contributed by atoms with E-state index in [4.69, 9.17) is 0 Å². The molecule has 0 fully saturated rings. The van der Waals surface area contributed by atoms with Gasteiger partial charge in [-0.15, -0.1) is 0 Å². The number of imidazole rings is 1. The number of hydrogen-bond acceptors (Lipinski definition) is 1. The van der Waals surface area contributed by atoms with Crippen LogP contribution in [0.2, 0.25) is 0 Å². The smallest absolute Gasteiger partial charge is 0.103 e. The van der Waals surface area contributed by atoms with E-state index in [1.165, 1.54) is 5.19 Å². The van der Waals surface area contributed by atoms with Gasteiger partial charge in [-0.2, -0.15) is 0 Å². The zero-order chi connectivity index (χ0) is 8.93. The lowest BCUT2D eigenvalue weighted by Gasteiger charge is -1.96. The molecule has 0 aliphatic heterocycles. The minimum Gasteiger partial charge on any atom is -0.349 e. The van der Waals surface area contributed by atoms with Gasteiger partial charge in [0.05, 0.1) is 9.52 Å². The zero-order valence-electron chi connectivity index (χ0n) is 7.40. The van der Waals surface area contributed by atoms with Gasteiger partial charge in [-0.05, 0) is 6.04 Å². The van der Waals surface area contributed by atoms with Crippen LogP contribution in [-0.2, 0) is 6.04 Å². The molecular weight excluding hydrogens is 176 g/mol. The summed E-state index contributed by atoms with van der Waals surface area (Å²) in [5.41, 5.74) is 0. The Bertz CT molecular complexity index is 342. The molecule has 3 heteroatoms. The lowest BCUT2D eigenvalue weighted by atomic mass is 10.4. The minimum atomic E-state index is -0.174. The fourth-order valence-corrected chi connectivity index (χ4v) is 2.75. The third-order valence-corrected chi connectivity index (χ3v) is 3.82. The maximum atomic E-state index is 4.21. The first-order valence-electron chi connectivity index (χ1n) is 4.47. The Labute approximate surface area is 79.9 Å². The molecule has 1 aromatic heterocycles. The Morgan fingerprint density at radius 3 is 2.77 bits per heavy atom. The summed E-state index contributed by atoms with van der Waals surface area (Å²) in [5.74, 6) is 1.12. The fourth-order valence-electron chi connectivity index (χ4n) is 1.34. The third kappa shape index (κ3) is 2.29. The van der Waals surface area contributed by atoms with Crippen LogP contribution in [0.5, 0.6) is 0 Å². The summed E-state index contributed by atoms with van der Waals surface area (Å²) >= 11 is 0. The summed E-state index contributed by atoms with van der Waals surface area (Å²) in [6.45, 7) is 0. The summed E-state index contributed by atoms with van der Waals surface area (Å²) in [6, 6.07) is 11.8. The molecule has 0 unspecified atom stereocenters. The van der Waals surface area contributed by atoms with E-state index < -0.39 is 0 Å². The summed E-state index contributed by atoms with van der Waals surface area (Å²) < 4.78 is 0. The van der Waals surface area contributed by atoms with E-state index in [1.54, 1.807) is 0 Å². The van der Waals surface area contributed by atoms with Crippen LogP contribution in [0.4, 0.5) is 0 Å². The van der Waals surface area contributed by atoms with Crippen LogP contribution in [0.25, 0.3) is 0 Å². The molecule has 0 spiro atoms. The van der Waals surface area contributed by atoms with Crippen LogP contribution >= 0.6 is 0 Å². The lowest BCUT2D eigenvalue weighted by Crippen LogP contribution is -2.16. The van der Waals surface area contributed by atoms with Gasteiger partial charge in [-0.1, -0.05) is 35.5 Å². The van der Waals surface area contributed by atoms with Crippen LogP contribution in [-0.4, -0.2) is 19.5 Å². The molecule has 0 aliphatic carbocycles. The molecule has 0 amide bonds. The molecule has 0 saturated carbocycles. The van der Waals surface area contributed by atoms with E-state index in [0.717, 1.165) is 11.9 Å². The summed E-state index contributed by atoms with van der Waals surface area (Å²) in [7, 11) is -0.174. The SMILES string of the molecule is c1ccc([SiH2]Cc2ncc[nH]2)cc1. The van der Waals surface area contributed by atoms with Gasteiger partial charge in [0, 0.05) is 12.4 Å². The predicted octanol–water partition coefficient (Wildman–Crippen LogP) is 0.404. The van der Waals surface area contributed by atoms with Crippen LogP contribution in [0.15, 0.2) is 42.7 Å². The van der Waals surface area contributed by atoms with Crippen molar-refractivity contribution >= 4 is 14.7 Å². The predicted molar refractivity (Wildman–Crippen MR) is 56.9 cm³/mol. The average molecular weight is 188 g/mol. The Morgan fingerprint density at radius 1 is 1.23 bits per heavy atom. The van der Waals surface area contributed by atoms with E-state index in [0.29, 0.717) is 0 Å². The van der Waals surface area contributed by atoms with Crippen molar-refractivity contribution in [3.8, 4) is 0 Å². The van der Waals surface area contributed by atoms with Crippen molar-refractivity contribution in [2.24, 2.45) is 0 Å². The first-order chi connectivity index (χ1) is 6.45. The molecular formula is C10H12N2Si. The fraction of sp³-hybridized carbons (Fsp3) is 0.100. The van der Waals surface area contributed by atoms with Gasteiger partial charge in [-0.25, -0.2) is 4.98 Å². The highest BCUT2D eigenvalue weighted by Gasteiger charge is 1.96. The maximum Gasteiger partial charge on any atom is 0.103 e. The molecule has 0 atom stereocenters. The summed E-state index contributed by atoms with van der Waals surface area (Å²) in [4.78, 5) is 7.34. The highest BCUT2D eigenvalue weighted by atomic mass is 28.2. The van der Waals surface area contributed by atoms with Crippen molar-refractivity contribution in [2.75, 3.05) is 0 Å². The zero-order valence-corrected chi connectivity index (χ0v) is 8.82. The van der Waals surface area contributed by atoms with Gasteiger partial charge in [-0.3, -0.25) is 0 Å². The van der Waals surface area contributed by atoms with Gasteiger partial charge in [0.25, 0.3) is 0 Å². The van der Waals surface area contributed by atoms with E-state index in [1.807, 2.05) is 12.4 Å². The van der Waals surface area contributed by atoms with E-state index in [9.17, 15) is 0 Å². The van der Waals surface area contributed by atoms with E-state index in [2.05, 4.69) is 40.3 Å². The summed E-state index contributed by atoms with van der Waals surface area (Å²) in [5, 5.41) is 1.50. The van der Waals surface area contributed by atoms with Crippen molar-refractivity contribution in [1.82, 2.24) is 9.97 Å². The van der Waals surface area contributed by atoms with Crippen molar-refractivity contribution in [1.29, 1.82) is 0 Å². The van der Waals surface area contributed by atoms with Crippen LogP contribution in [0.1, 0.15) is 5.82 Å². The van der Waals surface area contributed by atoms with Crippen molar-refractivity contribution < 1.29 is 0 Å². The molecule has 2 nitrogen and oxygen atoms in total. The van der Waals surface area contributed by atoms with Crippen LogP contribution in [0.3, 0.4) is 0 Å². The number of aromatic amines is 1. The normalized spacial score (nSPS) is 11.1. The topological polar surface area (TPSA) is 28.7 Å². The largest absolute Gasteiger partial charge is 0.349 e. The molecule has 1 N–H and O–H groups in total. The first-order valence-corrected chi connectivity index (χ1v) is 6.18. The highest BCUT2D eigenvalue weighted by Crippen LogP contribution is 1.89. The quantitative estimate of drug-likeness (QED) is 0.694. The van der Waals surface area contributed by atoms with E-state index in [-0.39, 0.29) is 9.52 Å². The van der Waals surface area contributed by atoms with Crippen molar-refractivity contribution in [2.45, 2.75) is 6.04 Å². The molecule has 0 aliphatic rings. The molecule has 13 heavy (non-hydrogen) atoms. The second kappa shape index (κ2) is 4.05. The molecule has 1 heterocycles. The van der Waals surface area contributed by atoms with Crippen molar-refractivity contribution in [3.05, 3.63) is 48.5 Å². The maximum absolute atomic E-state index is 4.21. The van der Waals surface area contributed by atoms with Gasteiger partial charge < -0.3 is 4.98 Å². The average Bonchev–Trinajstić information content (AvgIpc) is 2.69. The molecule has 66 valence electrons. The van der Waals surface area contributed by atoms with Gasteiger partial charge in [0.15, 0.2) is 0 Å². The van der Waals surface area contributed by atoms with E-state index >= 15 is 0 Å². The minimum absolute atomic E-state index is 0.174. The number of rotatable bonds is 3. The number of aromatic nitrogens is 2. The molecule has 0 saturated heterocycles. The highest BCUT2D eigenvalue weighted by molar-refractivity contribution is 6.52. The Kier molecular flexibility index (Phi) is 2.57. The van der Waals surface area contributed by atoms with Crippen molar-refractivity contribution in [3.63, 3.8) is 0 Å². The lowest BCUT2D eigenvalue weighted by molar-refractivity contribution is 1.11. The second-order valence-corrected chi connectivity index (χ2v) is 4.84. The molecule has 2 rings (SSSR count). The van der Waals surface area contributed by atoms with Crippen LogP contribution in [0, 0.1) is 0 Å². The van der Waals surface area contributed by atoms with Gasteiger partial charge in [0.1, 0.15) is 5.82 Å². The standard InChI is InChI=1S/C10H12N2Si/c1-2-4-9(5-3-1)13-8-10-11-6-7-12-10/h1-7H,8,13H2,(H,11,12). The number of hydrogen-bond donors (Lipinski definition) is 1. The number of nitrogens with one attached hydrogen (secondary N) is 1. The third-order valence-electron chi connectivity index (χ3n) is 2.05. The number of nitrogens with zero attached hydrogens (tertiary/aromatic N) is 1. The summed E-state index contributed by atoms with van der Waals surface area (Å²) in [6.07, 6.45) is 3.70. The van der Waals surface area contributed by atoms with Crippen LogP contribution < -0.4 is 5.19 Å².